The quantitative estimate of drug-likeness (QED) is 0.602. The smallest absolute Gasteiger partial charge is 0.279 e. The molecule has 7 heteroatoms. The molecule has 6 nitrogen and oxygen atoms in total. The number of quaternary nitrogens is 2. The van der Waals surface area contributed by atoms with Crippen LogP contribution in [0.15, 0.2) is 24.3 Å². The summed E-state index contributed by atoms with van der Waals surface area (Å²) in [6.45, 7) is 7.65. The highest BCUT2D eigenvalue weighted by molar-refractivity contribution is 5.91. The molecule has 0 radical (unpaired) electrons. The average molecular weight is 393 g/mol. The molecular weight excluding hydrogens is 359 g/mol. The largest absolute Gasteiger partial charge is 0.335 e. The second-order valence-corrected chi connectivity index (χ2v) is 8.05. The molecule has 2 fully saturated rings. The topological polar surface area (TPSA) is 58.3 Å². The van der Waals surface area contributed by atoms with Crippen LogP contribution >= 0.6 is 0 Å². The molecule has 28 heavy (non-hydrogen) atoms. The number of nitrogens with one attached hydrogen (secondary N) is 3. The van der Waals surface area contributed by atoms with Crippen molar-refractivity contribution in [3.63, 3.8) is 0 Å². The Labute approximate surface area is 166 Å². The second-order valence-electron chi connectivity index (χ2n) is 8.05. The van der Waals surface area contributed by atoms with Gasteiger partial charge < -0.3 is 20.0 Å². The minimum absolute atomic E-state index is 0.0553. The molecule has 1 aromatic carbocycles. The molecule has 2 amide bonds. The summed E-state index contributed by atoms with van der Waals surface area (Å²) in [4.78, 5) is 29.6. The molecule has 0 unspecified atom stereocenters. The van der Waals surface area contributed by atoms with E-state index in [-0.39, 0.29) is 11.7 Å². The van der Waals surface area contributed by atoms with Crippen molar-refractivity contribution in [3.8, 4) is 0 Å². The number of piperidine rings is 1. The molecule has 3 rings (SSSR count). The molecule has 2 heterocycles. The van der Waals surface area contributed by atoms with E-state index in [0.29, 0.717) is 30.7 Å². The monoisotopic (exact) mass is 392 g/mol. The molecule has 2 aliphatic rings. The lowest BCUT2D eigenvalue weighted by Crippen LogP contribution is -3.28. The van der Waals surface area contributed by atoms with Crippen LogP contribution in [0.3, 0.4) is 0 Å². The molecule has 0 spiro atoms. The normalized spacial score (nSPS) is 25.4. The molecule has 2 saturated heterocycles. The van der Waals surface area contributed by atoms with Gasteiger partial charge in [-0.3, -0.25) is 9.59 Å². The molecule has 0 aromatic heterocycles. The molecular formula is C21H33FN4O2+2. The van der Waals surface area contributed by atoms with Crippen molar-refractivity contribution >= 4 is 17.5 Å². The van der Waals surface area contributed by atoms with Gasteiger partial charge in [0.15, 0.2) is 13.1 Å². The lowest BCUT2D eigenvalue weighted by Gasteiger charge is -2.36. The fraction of sp³-hybridized carbons (Fsp3) is 0.619. The number of anilines is 1. The molecule has 0 aliphatic carbocycles. The zero-order valence-corrected chi connectivity index (χ0v) is 16.8. The molecule has 0 saturated carbocycles. The summed E-state index contributed by atoms with van der Waals surface area (Å²) >= 11 is 0. The van der Waals surface area contributed by atoms with Gasteiger partial charge >= 0.3 is 0 Å². The number of halogens is 1. The van der Waals surface area contributed by atoms with Crippen molar-refractivity contribution < 1.29 is 23.8 Å². The van der Waals surface area contributed by atoms with Crippen molar-refractivity contribution in [3.05, 3.63) is 30.1 Å². The van der Waals surface area contributed by atoms with E-state index in [2.05, 4.69) is 17.1 Å². The number of benzene rings is 1. The number of likely N-dealkylation sites (tertiary alicyclic amines) is 1. The Bertz CT molecular complexity index is 659. The molecule has 2 aliphatic heterocycles. The minimum Gasteiger partial charge on any atom is -0.335 e. The zero-order chi connectivity index (χ0) is 19.9. The third-order valence-electron chi connectivity index (χ3n) is 6.02. The second kappa shape index (κ2) is 9.98. The first-order valence-corrected chi connectivity index (χ1v) is 10.6. The van der Waals surface area contributed by atoms with Crippen molar-refractivity contribution in [1.29, 1.82) is 0 Å². The average Bonchev–Trinajstić information content (AvgIpc) is 2.71. The number of nitrogens with zero attached hydrogens (tertiary/aromatic N) is 1. The van der Waals surface area contributed by atoms with Gasteiger partial charge in [-0.1, -0.05) is 6.92 Å². The SMILES string of the molecule is CC[C@@H]1CCCCN1C(=O)C[NH+]1CC[NH+](CC(=O)Nc2ccc(F)cc2)CC1. The fourth-order valence-electron chi connectivity index (χ4n) is 4.34. The van der Waals surface area contributed by atoms with E-state index in [1.807, 2.05) is 0 Å². The van der Waals surface area contributed by atoms with Crippen LogP contribution in [-0.4, -0.2) is 68.6 Å². The molecule has 1 aromatic rings. The van der Waals surface area contributed by atoms with E-state index in [9.17, 15) is 14.0 Å². The number of carbonyl (C=O) groups is 2. The Morgan fingerprint density at radius 2 is 1.71 bits per heavy atom. The lowest BCUT2D eigenvalue weighted by atomic mass is 10.00. The molecule has 154 valence electrons. The van der Waals surface area contributed by atoms with Gasteiger partial charge in [-0.2, -0.15) is 0 Å². The maximum Gasteiger partial charge on any atom is 0.279 e. The Morgan fingerprint density at radius 1 is 1.07 bits per heavy atom. The molecule has 0 bridgehead atoms. The Hall–Kier alpha value is -1.99. The van der Waals surface area contributed by atoms with E-state index < -0.39 is 0 Å². The summed E-state index contributed by atoms with van der Waals surface area (Å²) < 4.78 is 12.9. The Balaban J connectivity index is 1.39. The van der Waals surface area contributed by atoms with Gasteiger partial charge in [0.1, 0.15) is 32.0 Å². The van der Waals surface area contributed by atoms with Crippen molar-refractivity contribution in [1.82, 2.24) is 4.90 Å². The number of hydrogen-bond acceptors (Lipinski definition) is 2. The first-order chi connectivity index (χ1) is 13.5. The first-order valence-electron chi connectivity index (χ1n) is 10.6. The predicted octanol–water partition coefficient (Wildman–Crippen LogP) is -0.661. The summed E-state index contributed by atoms with van der Waals surface area (Å²) in [6.07, 6.45) is 4.54. The standard InChI is InChI=1S/C21H31FN4O2/c1-2-19-5-3-4-10-26(19)21(28)16-25-13-11-24(12-14-25)15-20(27)23-18-8-6-17(22)7-9-18/h6-9,19H,2-5,10-16H2,1H3,(H,23,27)/p+2/t19-/m1/s1. The van der Waals surface area contributed by atoms with Crippen LogP contribution in [-0.2, 0) is 9.59 Å². The lowest BCUT2D eigenvalue weighted by molar-refractivity contribution is -1.00. The number of carbonyl (C=O) groups excluding carboxylic acids is 2. The maximum atomic E-state index is 12.9. The summed E-state index contributed by atoms with van der Waals surface area (Å²) in [6, 6.07) is 6.24. The highest BCUT2D eigenvalue weighted by Gasteiger charge is 2.31. The van der Waals surface area contributed by atoms with Crippen LogP contribution in [0.4, 0.5) is 10.1 Å². The Kier molecular flexibility index (Phi) is 7.39. The first kappa shape index (κ1) is 20.7. The summed E-state index contributed by atoms with van der Waals surface area (Å²) in [5, 5.41) is 2.82. The number of hydrogen-bond donors (Lipinski definition) is 3. The van der Waals surface area contributed by atoms with E-state index in [4.69, 9.17) is 0 Å². The number of amides is 2. The van der Waals surface area contributed by atoms with Gasteiger partial charge in [0, 0.05) is 18.3 Å². The maximum absolute atomic E-state index is 12.9. The van der Waals surface area contributed by atoms with Crippen LogP contribution in [0.25, 0.3) is 0 Å². The van der Waals surface area contributed by atoms with Gasteiger partial charge in [-0.15, -0.1) is 0 Å². The van der Waals surface area contributed by atoms with E-state index in [0.717, 1.165) is 52.0 Å². The van der Waals surface area contributed by atoms with Gasteiger partial charge in [0.05, 0.1) is 0 Å². The molecule has 1 atom stereocenters. The van der Waals surface area contributed by atoms with Crippen LogP contribution < -0.4 is 15.1 Å². The number of piperazine rings is 1. The Morgan fingerprint density at radius 3 is 2.36 bits per heavy atom. The van der Waals surface area contributed by atoms with Crippen LogP contribution in [0.2, 0.25) is 0 Å². The van der Waals surface area contributed by atoms with Crippen molar-refractivity contribution in [2.45, 2.75) is 38.6 Å². The van der Waals surface area contributed by atoms with Crippen LogP contribution in [0.1, 0.15) is 32.6 Å². The van der Waals surface area contributed by atoms with Crippen molar-refractivity contribution in [2.75, 3.05) is 51.1 Å². The van der Waals surface area contributed by atoms with E-state index >= 15 is 0 Å². The molecule has 3 N–H and O–H groups in total. The summed E-state index contributed by atoms with van der Waals surface area (Å²) in [5.74, 6) is -0.0774. The predicted molar refractivity (Wildman–Crippen MR) is 106 cm³/mol. The highest BCUT2D eigenvalue weighted by Crippen LogP contribution is 2.19. The van der Waals surface area contributed by atoms with Gasteiger partial charge in [0.25, 0.3) is 11.8 Å². The van der Waals surface area contributed by atoms with E-state index in [1.165, 1.54) is 28.4 Å². The van der Waals surface area contributed by atoms with Crippen molar-refractivity contribution in [2.24, 2.45) is 0 Å². The minimum atomic E-state index is -0.313. The third-order valence-corrected chi connectivity index (χ3v) is 6.02. The zero-order valence-electron chi connectivity index (χ0n) is 16.8. The number of rotatable bonds is 6. The third kappa shape index (κ3) is 5.75. The van der Waals surface area contributed by atoms with Gasteiger partial charge in [0.2, 0.25) is 0 Å². The highest BCUT2D eigenvalue weighted by atomic mass is 19.1. The fourth-order valence-corrected chi connectivity index (χ4v) is 4.34. The summed E-state index contributed by atoms with van der Waals surface area (Å²) in [5.41, 5.74) is 0.618. The van der Waals surface area contributed by atoms with Gasteiger partial charge in [-0.05, 0) is 49.9 Å². The van der Waals surface area contributed by atoms with E-state index in [1.54, 1.807) is 12.1 Å². The van der Waals surface area contributed by atoms with Crippen LogP contribution in [0.5, 0.6) is 0 Å². The van der Waals surface area contributed by atoms with Gasteiger partial charge in [-0.25, -0.2) is 4.39 Å². The van der Waals surface area contributed by atoms with Crippen LogP contribution in [0, 0.1) is 5.82 Å². The summed E-state index contributed by atoms with van der Waals surface area (Å²) in [7, 11) is 0.